The van der Waals surface area contributed by atoms with Crippen LogP contribution in [0.15, 0.2) is 59.0 Å². The van der Waals surface area contributed by atoms with Crippen LogP contribution in [0.4, 0.5) is 0 Å². The summed E-state index contributed by atoms with van der Waals surface area (Å²) in [5.41, 5.74) is 2.23. The fourth-order valence-corrected chi connectivity index (χ4v) is 2.07. The zero-order chi connectivity index (χ0) is 16.1. The lowest BCUT2D eigenvalue weighted by Crippen LogP contribution is -1.99. The molecule has 0 aliphatic heterocycles. The molecule has 1 heterocycles. The molecule has 0 aliphatic carbocycles. The molecule has 0 aliphatic rings. The first-order chi connectivity index (χ1) is 11.2. The van der Waals surface area contributed by atoms with Crippen LogP contribution in [0.1, 0.15) is 11.8 Å². The van der Waals surface area contributed by atoms with Crippen LogP contribution in [-0.4, -0.2) is 21.3 Å². The number of carboxylic acid groups (broad SMARTS) is 1. The van der Waals surface area contributed by atoms with E-state index in [0.29, 0.717) is 5.75 Å². The molecule has 6 heteroatoms. The van der Waals surface area contributed by atoms with Crippen LogP contribution in [-0.2, 0) is 17.8 Å². The van der Waals surface area contributed by atoms with Gasteiger partial charge in [-0.15, -0.1) is 10.2 Å². The Bertz CT molecular complexity index is 782. The lowest BCUT2D eigenvalue weighted by Gasteiger charge is -2.05. The second kappa shape index (κ2) is 6.74. The molecular formula is C17H14N2O4. The van der Waals surface area contributed by atoms with Crippen LogP contribution in [0.5, 0.6) is 5.75 Å². The minimum Gasteiger partial charge on any atom is -0.484 e. The van der Waals surface area contributed by atoms with Gasteiger partial charge in [0.25, 0.3) is 5.89 Å². The molecule has 0 amide bonds. The first-order valence-electron chi connectivity index (χ1n) is 7.02. The van der Waals surface area contributed by atoms with Crippen LogP contribution in [0.3, 0.4) is 0 Å². The number of ether oxygens (including phenoxy) is 1. The fraction of sp³-hybridized carbons (Fsp3) is 0.118. The van der Waals surface area contributed by atoms with E-state index >= 15 is 0 Å². The maximum absolute atomic E-state index is 10.5. The summed E-state index contributed by atoms with van der Waals surface area (Å²) < 4.78 is 10.7. The van der Waals surface area contributed by atoms with Gasteiger partial charge in [0.05, 0.1) is 0 Å². The Morgan fingerprint density at radius 3 is 2.30 bits per heavy atom. The van der Waals surface area contributed by atoms with E-state index in [9.17, 15) is 4.79 Å². The minimum atomic E-state index is -1.02. The minimum absolute atomic E-state index is 0.0653. The average molecular weight is 310 g/mol. The van der Waals surface area contributed by atoms with Gasteiger partial charge in [-0.05, 0) is 23.3 Å². The van der Waals surface area contributed by atoms with Crippen molar-refractivity contribution in [3.8, 4) is 16.9 Å². The van der Waals surface area contributed by atoms with Gasteiger partial charge in [-0.2, -0.15) is 0 Å². The molecule has 3 aromatic rings. The number of carboxylic acids is 1. The number of nitrogens with zero attached hydrogens (tertiary/aromatic N) is 2. The lowest BCUT2D eigenvalue weighted by atomic mass is 10.1. The highest BCUT2D eigenvalue weighted by Gasteiger charge is 2.10. The molecule has 116 valence electrons. The molecule has 0 saturated carbocycles. The molecule has 0 fully saturated rings. The van der Waals surface area contributed by atoms with E-state index in [1.165, 1.54) is 0 Å². The van der Waals surface area contributed by atoms with Crippen LogP contribution in [0.25, 0.3) is 11.1 Å². The van der Waals surface area contributed by atoms with E-state index in [2.05, 4.69) is 10.2 Å². The summed E-state index contributed by atoms with van der Waals surface area (Å²) in [4.78, 5) is 10.5. The van der Waals surface area contributed by atoms with Gasteiger partial charge in [-0.25, -0.2) is 0 Å². The molecule has 0 bridgehead atoms. The number of hydrogen-bond acceptors (Lipinski definition) is 5. The highest BCUT2D eigenvalue weighted by molar-refractivity contribution is 5.68. The second-order valence-corrected chi connectivity index (χ2v) is 4.84. The first kappa shape index (κ1) is 14.8. The van der Waals surface area contributed by atoms with E-state index in [1.54, 1.807) is 0 Å². The zero-order valence-corrected chi connectivity index (χ0v) is 12.2. The van der Waals surface area contributed by atoms with Crippen molar-refractivity contribution in [1.82, 2.24) is 10.2 Å². The number of aromatic nitrogens is 2. The SMILES string of the molecule is O=C(O)Cc1nnc(COc2ccc(-c3ccccc3)cc2)o1. The van der Waals surface area contributed by atoms with Crippen molar-refractivity contribution < 1.29 is 19.1 Å². The van der Waals surface area contributed by atoms with Crippen molar-refractivity contribution in [3.05, 3.63) is 66.4 Å². The number of hydrogen-bond donors (Lipinski definition) is 1. The summed E-state index contributed by atoms with van der Waals surface area (Å²) in [6, 6.07) is 17.7. The van der Waals surface area contributed by atoms with Crippen molar-refractivity contribution in [2.75, 3.05) is 0 Å². The van der Waals surface area contributed by atoms with Gasteiger partial charge in [0.1, 0.15) is 12.2 Å². The van der Waals surface area contributed by atoms with Gasteiger partial charge >= 0.3 is 5.97 Å². The van der Waals surface area contributed by atoms with Crippen LogP contribution >= 0.6 is 0 Å². The van der Waals surface area contributed by atoms with Gasteiger partial charge in [-0.1, -0.05) is 42.5 Å². The van der Waals surface area contributed by atoms with Crippen molar-refractivity contribution >= 4 is 5.97 Å². The quantitative estimate of drug-likeness (QED) is 0.753. The molecule has 1 N–H and O–H groups in total. The Hall–Kier alpha value is -3.15. The number of aliphatic carboxylic acids is 1. The van der Waals surface area contributed by atoms with Gasteiger partial charge in [0.15, 0.2) is 6.61 Å². The Kier molecular flexibility index (Phi) is 4.33. The van der Waals surface area contributed by atoms with Crippen LogP contribution in [0, 0.1) is 0 Å². The highest BCUT2D eigenvalue weighted by Crippen LogP contribution is 2.22. The standard InChI is InChI=1S/C17H14N2O4/c20-17(21)10-15-18-19-16(23-15)11-22-14-8-6-13(7-9-14)12-4-2-1-3-5-12/h1-9H,10-11H2,(H,20,21). The second-order valence-electron chi connectivity index (χ2n) is 4.84. The van der Waals surface area contributed by atoms with Crippen molar-refractivity contribution in [2.24, 2.45) is 0 Å². The molecule has 0 spiro atoms. The molecule has 0 saturated heterocycles. The summed E-state index contributed by atoms with van der Waals surface area (Å²) in [7, 11) is 0. The van der Waals surface area contributed by atoms with Crippen molar-refractivity contribution in [1.29, 1.82) is 0 Å². The van der Waals surface area contributed by atoms with Crippen molar-refractivity contribution in [3.63, 3.8) is 0 Å². The summed E-state index contributed by atoms with van der Waals surface area (Å²) in [6.45, 7) is 0.0945. The zero-order valence-electron chi connectivity index (χ0n) is 12.2. The Labute approximate surface area is 132 Å². The maximum atomic E-state index is 10.5. The van der Waals surface area contributed by atoms with Gasteiger partial charge < -0.3 is 14.3 Å². The molecule has 0 atom stereocenters. The summed E-state index contributed by atoms with van der Waals surface area (Å²) in [5, 5.41) is 16.0. The molecular weight excluding hydrogens is 296 g/mol. The normalized spacial score (nSPS) is 10.4. The monoisotopic (exact) mass is 310 g/mol. The molecule has 23 heavy (non-hydrogen) atoms. The Balaban J connectivity index is 1.60. The number of carbonyl (C=O) groups is 1. The molecule has 2 aromatic carbocycles. The van der Waals surface area contributed by atoms with Crippen LogP contribution < -0.4 is 4.74 Å². The fourth-order valence-electron chi connectivity index (χ4n) is 2.07. The topological polar surface area (TPSA) is 85.5 Å². The van der Waals surface area contributed by atoms with E-state index in [1.807, 2.05) is 54.6 Å². The van der Waals surface area contributed by atoms with E-state index in [0.717, 1.165) is 11.1 Å². The predicted molar refractivity (Wildman–Crippen MR) is 81.8 cm³/mol. The summed E-state index contributed by atoms with van der Waals surface area (Å²) in [6.07, 6.45) is -0.293. The number of benzene rings is 2. The smallest absolute Gasteiger partial charge is 0.312 e. The van der Waals surface area contributed by atoms with Gasteiger partial charge in [0.2, 0.25) is 5.89 Å². The third kappa shape index (κ3) is 3.94. The average Bonchev–Trinajstić information content (AvgIpc) is 3.01. The molecule has 1 aromatic heterocycles. The lowest BCUT2D eigenvalue weighted by molar-refractivity contribution is -0.136. The highest BCUT2D eigenvalue weighted by atomic mass is 16.5. The third-order valence-electron chi connectivity index (χ3n) is 3.13. The summed E-state index contributed by atoms with van der Waals surface area (Å²) in [5.74, 6) is -0.0378. The van der Waals surface area contributed by atoms with Crippen LogP contribution in [0.2, 0.25) is 0 Å². The van der Waals surface area contributed by atoms with E-state index in [4.69, 9.17) is 14.3 Å². The van der Waals surface area contributed by atoms with Gasteiger partial charge in [0, 0.05) is 0 Å². The summed E-state index contributed by atoms with van der Waals surface area (Å²) >= 11 is 0. The van der Waals surface area contributed by atoms with Gasteiger partial charge in [-0.3, -0.25) is 4.79 Å². The van der Waals surface area contributed by atoms with E-state index in [-0.39, 0.29) is 24.8 Å². The largest absolute Gasteiger partial charge is 0.484 e. The van der Waals surface area contributed by atoms with E-state index < -0.39 is 5.97 Å². The first-order valence-corrected chi connectivity index (χ1v) is 7.02. The Morgan fingerprint density at radius 1 is 0.957 bits per heavy atom. The molecule has 0 radical (unpaired) electrons. The molecule has 6 nitrogen and oxygen atoms in total. The van der Waals surface area contributed by atoms with Crippen molar-refractivity contribution in [2.45, 2.75) is 13.0 Å². The molecule has 0 unspecified atom stereocenters. The molecule has 3 rings (SSSR count). The third-order valence-corrected chi connectivity index (χ3v) is 3.13. The Morgan fingerprint density at radius 2 is 1.61 bits per heavy atom. The predicted octanol–water partition coefficient (Wildman–Crippen LogP) is 2.94. The maximum Gasteiger partial charge on any atom is 0.312 e. The number of rotatable bonds is 6.